The first kappa shape index (κ1) is 22.6. The molecule has 2 aromatic carbocycles. The minimum Gasteiger partial charge on any atom is -0.507 e. The van der Waals surface area contributed by atoms with Crippen LogP contribution in [0.4, 0.5) is 5.69 Å². The van der Waals surface area contributed by atoms with Crippen molar-refractivity contribution in [3.63, 3.8) is 0 Å². The molecule has 7 heteroatoms. The number of Topliss-reactive ketones (excluding diaryl/α,β-unsaturated/α-hetero) is 1. The topological polar surface area (TPSA) is 76.1 Å². The molecule has 0 spiro atoms. The maximum Gasteiger partial charge on any atom is 0.300 e. The number of nitrogens with zero attached hydrogens (tertiary/aromatic N) is 1. The molecule has 1 aliphatic heterocycles. The number of aliphatic hydroxyl groups is 1. The van der Waals surface area contributed by atoms with Gasteiger partial charge in [0, 0.05) is 16.6 Å². The van der Waals surface area contributed by atoms with Gasteiger partial charge in [-0.1, -0.05) is 12.1 Å². The van der Waals surface area contributed by atoms with Crippen LogP contribution < -0.4 is 14.4 Å². The van der Waals surface area contributed by atoms with Crippen LogP contribution >= 0.6 is 11.3 Å². The lowest BCUT2D eigenvalue weighted by molar-refractivity contribution is -0.132. The van der Waals surface area contributed by atoms with Gasteiger partial charge in [-0.15, -0.1) is 11.3 Å². The van der Waals surface area contributed by atoms with Crippen LogP contribution in [0, 0.1) is 20.8 Å². The van der Waals surface area contributed by atoms with Crippen LogP contribution in [0.5, 0.6) is 11.5 Å². The Kier molecular flexibility index (Phi) is 5.99. The zero-order chi connectivity index (χ0) is 23.9. The number of rotatable bonds is 5. The largest absolute Gasteiger partial charge is 0.507 e. The van der Waals surface area contributed by atoms with Crippen molar-refractivity contribution in [1.29, 1.82) is 0 Å². The molecule has 0 bridgehead atoms. The van der Waals surface area contributed by atoms with Crippen molar-refractivity contribution in [3.05, 3.63) is 80.5 Å². The smallest absolute Gasteiger partial charge is 0.300 e. The molecule has 0 aliphatic carbocycles. The number of aliphatic hydroxyl groups excluding tert-OH is 1. The van der Waals surface area contributed by atoms with Gasteiger partial charge in [0.1, 0.15) is 23.3 Å². The maximum absolute atomic E-state index is 13.4. The van der Waals surface area contributed by atoms with Crippen molar-refractivity contribution in [1.82, 2.24) is 0 Å². The molecular formula is C26H25NO5S. The average molecular weight is 464 g/mol. The molecule has 1 N–H and O–H groups in total. The minimum atomic E-state index is -0.775. The summed E-state index contributed by atoms with van der Waals surface area (Å²) >= 11 is 1.44. The van der Waals surface area contributed by atoms with E-state index in [1.165, 1.54) is 23.3 Å². The molecule has 1 unspecified atom stereocenters. The van der Waals surface area contributed by atoms with Gasteiger partial charge in [-0.3, -0.25) is 14.5 Å². The Morgan fingerprint density at radius 1 is 1.00 bits per heavy atom. The zero-order valence-electron chi connectivity index (χ0n) is 19.1. The Labute approximate surface area is 196 Å². The molecule has 1 fully saturated rings. The third kappa shape index (κ3) is 3.78. The van der Waals surface area contributed by atoms with Crippen molar-refractivity contribution < 1.29 is 24.2 Å². The fourth-order valence-corrected chi connectivity index (χ4v) is 5.34. The van der Waals surface area contributed by atoms with E-state index in [0.717, 1.165) is 21.6 Å². The summed E-state index contributed by atoms with van der Waals surface area (Å²) in [5.74, 6) is -0.667. The number of hydrogen-bond donors (Lipinski definition) is 1. The normalized spacial score (nSPS) is 17.5. The monoisotopic (exact) mass is 463 g/mol. The summed E-state index contributed by atoms with van der Waals surface area (Å²) in [6.07, 6.45) is 0. The van der Waals surface area contributed by atoms with Crippen LogP contribution in [0.25, 0.3) is 5.76 Å². The summed E-state index contributed by atoms with van der Waals surface area (Å²) in [7, 11) is 3.06. The average Bonchev–Trinajstić information content (AvgIpc) is 3.33. The van der Waals surface area contributed by atoms with E-state index >= 15 is 0 Å². The Balaban J connectivity index is 2.01. The highest BCUT2D eigenvalue weighted by Gasteiger charge is 2.48. The van der Waals surface area contributed by atoms with Gasteiger partial charge in [0.25, 0.3) is 11.7 Å². The van der Waals surface area contributed by atoms with E-state index in [9.17, 15) is 14.7 Å². The van der Waals surface area contributed by atoms with E-state index in [2.05, 4.69) is 0 Å². The van der Waals surface area contributed by atoms with Crippen molar-refractivity contribution in [2.75, 3.05) is 19.1 Å². The van der Waals surface area contributed by atoms with Gasteiger partial charge < -0.3 is 14.6 Å². The van der Waals surface area contributed by atoms with Crippen molar-refractivity contribution in [3.8, 4) is 11.5 Å². The van der Waals surface area contributed by atoms with Crippen LogP contribution in [0.2, 0.25) is 0 Å². The highest BCUT2D eigenvalue weighted by Crippen LogP contribution is 2.46. The van der Waals surface area contributed by atoms with E-state index in [4.69, 9.17) is 9.47 Å². The Morgan fingerprint density at radius 2 is 1.76 bits per heavy atom. The SMILES string of the molecule is COc1cccc(N2C(=O)C(=O)/C(=C(/O)c3cc(C)cc(C)c3OC)C2c2sccc2C)c1. The molecule has 6 nitrogen and oxygen atoms in total. The second-order valence-corrected chi connectivity index (χ2v) is 8.95. The number of amides is 1. The number of ether oxygens (including phenoxy) is 2. The number of ketones is 1. The minimum absolute atomic E-state index is 0.0386. The first-order chi connectivity index (χ1) is 15.8. The summed E-state index contributed by atoms with van der Waals surface area (Å²) in [5.41, 5.74) is 3.60. The summed E-state index contributed by atoms with van der Waals surface area (Å²) in [6.45, 7) is 5.70. The quantitative estimate of drug-likeness (QED) is 0.315. The third-order valence-electron chi connectivity index (χ3n) is 5.80. The predicted molar refractivity (Wildman–Crippen MR) is 129 cm³/mol. The van der Waals surface area contributed by atoms with Crippen LogP contribution in [0.15, 0.2) is 53.4 Å². The van der Waals surface area contributed by atoms with Crippen LogP contribution in [-0.4, -0.2) is 31.0 Å². The lowest BCUT2D eigenvalue weighted by atomic mass is 9.95. The molecule has 1 aliphatic rings. The van der Waals surface area contributed by atoms with Gasteiger partial charge in [0.2, 0.25) is 0 Å². The van der Waals surface area contributed by atoms with E-state index in [0.29, 0.717) is 22.7 Å². The van der Waals surface area contributed by atoms with Gasteiger partial charge in [-0.2, -0.15) is 0 Å². The Bertz CT molecular complexity index is 1290. The number of methoxy groups -OCH3 is 2. The van der Waals surface area contributed by atoms with Gasteiger partial charge in [0.15, 0.2) is 0 Å². The van der Waals surface area contributed by atoms with Crippen LogP contribution in [-0.2, 0) is 9.59 Å². The molecule has 33 heavy (non-hydrogen) atoms. The molecule has 2 heterocycles. The fraction of sp³-hybridized carbons (Fsp3) is 0.231. The van der Waals surface area contributed by atoms with E-state index in [1.54, 1.807) is 37.4 Å². The highest BCUT2D eigenvalue weighted by atomic mass is 32.1. The fourth-order valence-electron chi connectivity index (χ4n) is 4.32. The summed E-state index contributed by atoms with van der Waals surface area (Å²) in [6, 6.07) is 11.8. The number of benzene rings is 2. The number of carbonyl (C=O) groups excluding carboxylic acids is 2. The molecule has 0 saturated carbocycles. The Morgan fingerprint density at radius 3 is 2.39 bits per heavy atom. The van der Waals surface area contributed by atoms with E-state index in [-0.39, 0.29) is 11.3 Å². The van der Waals surface area contributed by atoms with E-state index < -0.39 is 17.7 Å². The van der Waals surface area contributed by atoms with Gasteiger partial charge in [-0.05, 0) is 67.1 Å². The summed E-state index contributed by atoms with van der Waals surface area (Å²) in [4.78, 5) is 28.9. The number of anilines is 1. The predicted octanol–water partition coefficient (Wildman–Crippen LogP) is 5.32. The highest BCUT2D eigenvalue weighted by molar-refractivity contribution is 7.10. The Hall–Kier alpha value is -3.58. The van der Waals surface area contributed by atoms with Crippen LogP contribution in [0.3, 0.4) is 0 Å². The first-order valence-corrected chi connectivity index (χ1v) is 11.3. The second kappa shape index (κ2) is 8.75. The van der Waals surface area contributed by atoms with Crippen molar-refractivity contribution in [2.45, 2.75) is 26.8 Å². The molecule has 1 saturated heterocycles. The first-order valence-electron chi connectivity index (χ1n) is 10.4. The molecule has 1 aromatic heterocycles. The summed E-state index contributed by atoms with van der Waals surface area (Å²) < 4.78 is 10.9. The van der Waals surface area contributed by atoms with Crippen LogP contribution in [0.1, 0.15) is 33.2 Å². The number of aryl methyl sites for hydroxylation is 3. The standard InChI is InChI=1S/C26H25NO5S/c1-14-11-16(3)24(32-5)19(12-14)22(28)20-21(25-15(2)9-10-33-25)27(26(30)23(20)29)17-7-6-8-18(13-17)31-4/h6-13,21,28H,1-5H3/b22-20+. The van der Waals surface area contributed by atoms with E-state index in [1.807, 2.05) is 38.3 Å². The lowest BCUT2D eigenvalue weighted by Crippen LogP contribution is -2.29. The number of carbonyl (C=O) groups is 2. The number of thiophene rings is 1. The molecule has 3 aromatic rings. The molecular weight excluding hydrogens is 438 g/mol. The molecule has 0 radical (unpaired) electrons. The zero-order valence-corrected chi connectivity index (χ0v) is 19.9. The summed E-state index contributed by atoms with van der Waals surface area (Å²) in [5, 5.41) is 13.4. The maximum atomic E-state index is 13.4. The molecule has 4 rings (SSSR count). The van der Waals surface area contributed by atoms with Gasteiger partial charge in [-0.25, -0.2) is 0 Å². The van der Waals surface area contributed by atoms with Crippen molar-refractivity contribution in [2.24, 2.45) is 0 Å². The van der Waals surface area contributed by atoms with Gasteiger partial charge in [0.05, 0.1) is 25.4 Å². The molecule has 1 amide bonds. The molecule has 170 valence electrons. The second-order valence-electron chi connectivity index (χ2n) is 8.00. The lowest BCUT2D eigenvalue weighted by Gasteiger charge is -2.25. The van der Waals surface area contributed by atoms with Gasteiger partial charge >= 0.3 is 0 Å². The van der Waals surface area contributed by atoms with Crippen molar-refractivity contribution >= 4 is 34.5 Å². The molecule has 1 atom stereocenters. The third-order valence-corrected chi connectivity index (χ3v) is 6.88. The number of hydrogen-bond acceptors (Lipinski definition) is 6.